The van der Waals surface area contributed by atoms with Gasteiger partial charge in [0.15, 0.2) is 0 Å². The van der Waals surface area contributed by atoms with E-state index in [2.05, 4.69) is 23.1 Å². The van der Waals surface area contributed by atoms with Crippen molar-refractivity contribution in [2.24, 2.45) is 0 Å². The molecule has 140 valence electrons. The van der Waals surface area contributed by atoms with Gasteiger partial charge >= 0.3 is 0 Å². The third-order valence-electron chi connectivity index (χ3n) is 6.27. The Labute approximate surface area is 161 Å². The van der Waals surface area contributed by atoms with Crippen molar-refractivity contribution < 1.29 is 9.53 Å². The largest absolute Gasteiger partial charge is 0.497 e. The summed E-state index contributed by atoms with van der Waals surface area (Å²) >= 11 is 0. The predicted octanol–water partition coefficient (Wildman–Crippen LogP) is 4.82. The maximum atomic E-state index is 12.8. The molecule has 0 aromatic heterocycles. The van der Waals surface area contributed by atoms with Crippen LogP contribution in [0.15, 0.2) is 60.7 Å². The Balaban J connectivity index is 1.50. The molecule has 0 radical (unpaired) electrons. The summed E-state index contributed by atoms with van der Waals surface area (Å²) in [5, 5.41) is 0. The van der Waals surface area contributed by atoms with E-state index < -0.39 is 0 Å². The summed E-state index contributed by atoms with van der Waals surface area (Å²) in [6.45, 7) is 0.833. The van der Waals surface area contributed by atoms with Crippen LogP contribution in [0.3, 0.4) is 0 Å². The van der Waals surface area contributed by atoms with Gasteiger partial charge in [0.1, 0.15) is 5.75 Å². The fourth-order valence-electron chi connectivity index (χ4n) is 4.82. The molecule has 0 N–H and O–H groups in total. The van der Waals surface area contributed by atoms with Crippen LogP contribution in [0.4, 0.5) is 0 Å². The molecular weight excluding hydrogens is 334 g/mol. The molecule has 27 heavy (non-hydrogen) atoms. The van der Waals surface area contributed by atoms with Gasteiger partial charge in [0.2, 0.25) is 5.91 Å². The lowest BCUT2D eigenvalue weighted by atomic mass is 9.63. The Morgan fingerprint density at radius 1 is 1.15 bits per heavy atom. The number of rotatable bonds is 4. The highest BCUT2D eigenvalue weighted by molar-refractivity contribution is 5.92. The molecule has 1 aliphatic heterocycles. The molecule has 2 aromatic carbocycles. The number of fused-ring (bicyclic) bond motifs is 2. The smallest absolute Gasteiger partial charge is 0.246 e. The summed E-state index contributed by atoms with van der Waals surface area (Å²) < 4.78 is 5.44. The van der Waals surface area contributed by atoms with Crippen molar-refractivity contribution in [2.45, 2.75) is 43.6 Å². The Kier molecular flexibility index (Phi) is 5.02. The second-order valence-electron chi connectivity index (χ2n) is 7.79. The van der Waals surface area contributed by atoms with Crippen LogP contribution in [0.25, 0.3) is 6.08 Å². The van der Waals surface area contributed by atoms with Gasteiger partial charge in [0, 0.05) is 18.7 Å². The maximum Gasteiger partial charge on any atom is 0.246 e. The zero-order valence-electron chi connectivity index (χ0n) is 15.9. The van der Waals surface area contributed by atoms with Crippen LogP contribution in [0.2, 0.25) is 0 Å². The summed E-state index contributed by atoms with van der Waals surface area (Å²) in [7, 11) is 1.72. The number of hydrogen-bond acceptors (Lipinski definition) is 2. The molecule has 1 saturated carbocycles. The quantitative estimate of drug-likeness (QED) is 0.731. The van der Waals surface area contributed by atoms with E-state index in [0.717, 1.165) is 37.1 Å². The second kappa shape index (κ2) is 7.59. The van der Waals surface area contributed by atoms with Crippen LogP contribution in [0, 0.1) is 0 Å². The molecule has 1 saturated heterocycles. The Morgan fingerprint density at radius 2 is 2.00 bits per heavy atom. The average Bonchev–Trinajstić information content (AvgIpc) is 2.73. The number of benzene rings is 2. The normalized spacial score (nSPS) is 24.8. The highest BCUT2D eigenvalue weighted by Crippen LogP contribution is 2.47. The molecule has 0 unspecified atom stereocenters. The van der Waals surface area contributed by atoms with Gasteiger partial charge in [-0.3, -0.25) is 4.79 Å². The number of likely N-dealkylation sites (tertiary alicyclic amines) is 1. The second-order valence-corrected chi connectivity index (χ2v) is 7.79. The van der Waals surface area contributed by atoms with Crippen LogP contribution < -0.4 is 4.74 Å². The molecule has 2 bridgehead atoms. The molecule has 2 atom stereocenters. The number of ether oxygens (including phenoxy) is 1. The summed E-state index contributed by atoms with van der Waals surface area (Å²) in [6.07, 6.45) is 9.24. The number of nitrogens with zero attached hydrogens (tertiary/aromatic N) is 1. The lowest BCUT2D eigenvalue weighted by Gasteiger charge is -2.50. The Morgan fingerprint density at radius 3 is 2.81 bits per heavy atom. The molecule has 2 fully saturated rings. The SMILES string of the molecule is COc1cccc([C@]23CCC[C@H](C2)N(C(=O)/C=C/c2ccccc2)CC3)c1. The molecule has 3 heteroatoms. The lowest BCUT2D eigenvalue weighted by molar-refractivity contribution is -0.131. The Bertz CT molecular complexity index is 829. The number of hydrogen-bond donors (Lipinski definition) is 0. The molecule has 3 nitrogen and oxygen atoms in total. The van der Waals surface area contributed by atoms with E-state index >= 15 is 0 Å². The molecule has 0 spiro atoms. The highest BCUT2D eigenvalue weighted by Gasteiger charge is 2.44. The zero-order chi connectivity index (χ0) is 18.7. The number of piperidine rings is 1. The number of carbonyl (C=O) groups excluding carboxylic acids is 1. The summed E-state index contributed by atoms with van der Waals surface area (Å²) in [4.78, 5) is 14.9. The third-order valence-corrected chi connectivity index (χ3v) is 6.27. The van der Waals surface area contributed by atoms with Gasteiger partial charge in [0.05, 0.1) is 7.11 Å². The van der Waals surface area contributed by atoms with Gasteiger partial charge in [-0.2, -0.15) is 0 Å². The minimum atomic E-state index is 0.144. The van der Waals surface area contributed by atoms with Crippen molar-refractivity contribution in [3.63, 3.8) is 0 Å². The van der Waals surface area contributed by atoms with Gasteiger partial charge in [0.25, 0.3) is 0 Å². The standard InChI is InChI=1S/C24H27NO2/c1-27-22-11-5-9-20(17-22)24-14-6-10-21(18-24)25(16-15-24)23(26)13-12-19-7-3-2-4-8-19/h2-5,7-9,11-13,17,21H,6,10,14-16,18H2,1H3/b13-12+/t21-,24+/m1/s1. The van der Waals surface area contributed by atoms with Crippen LogP contribution in [-0.2, 0) is 10.2 Å². The highest BCUT2D eigenvalue weighted by atomic mass is 16.5. The van der Waals surface area contributed by atoms with E-state index in [9.17, 15) is 4.79 Å². The fourth-order valence-corrected chi connectivity index (χ4v) is 4.82. The van der Waals surface area contributed by atoms with E-state index in [-0.39, 0.29) is 11.3 Å². The van der Waals surface area contributed by atoms with E-state index in [1.54, 1.807) is 13.2 Å². The van der Waals surface area contributed by atoms with Crippen molar-refractivity contribution >= 4 is 12.0 Å². The van der Waals surface area contributed by atoms with Crippen molar-refractivity contribution in [3.8, 4) is 5.75 Å². The summed E-state index contributed by atoms with van der Waals surface area (Å²) in [5.74, 6) is 1.07. The predicted molar refractivity (Wildman–Crippen MR) is 109 cm³/mol. The van der Waals surface area contributed by atoms with E-state index in [4.69, 9.17) is 4.74 Å². The Hall–Kier alpha value is -2.55. The molecule has 1 amide bonds. The van der Waals surface area contributed by atoms with Gasteiger partial charge in [-0.05, 0) is 60.4 Å². The van der Waals surface area contributed by atoms with E-state index in [1.807, 2.05) is 42.5 Å². The van der Waals surface area contributed by atoms with Crippen molar-refractivity contribution in [1.29, 1.82) is 0 Å². The number of methoxy groups -OCH3 is 1. The first-order valence-corrected chi connectivity index (χ1v) is 9.88. The number of carbonyl (C=O) groups is 1. The molecule has 4 rings (SSSR count). The maximum absolute atomic E-state index is 12.8. The lowest BCUT2D eigenvalue weighted by Crippen LogP contribution is -2.53. The first kappa shape index (κ1) is 17.8. The first-order chi connectivity index (χ1) is 13.2. The van der Waals surface area contributed by atoms with E-state index in [1.165, 1.54) is 18.4 Å². The first-order valence-electron chi connectivity index (χ1n) is 9.88. The zero-order valence-corrected chi connectivity index (χ0v) is 15.9. The minimum absolute atomic E-state index is 0.144. The topological polar surface area (TPSA) is 29.5 Å². The average molecular weight is 361 g/mol. The minimum Gasteiger partial charge on any atom is -0.497 e. The molecular formula is C24H27NO2. The van der Waals surface area contributed by atoms with Gasteiger partial charge in [-0.1, -0.05) is 48.9 Å². The van der Waals surface area contributed by atoms with Gasteiger partial charge in [-0.25, -0.2) is 0 Å². The van der Waals surface area contributed by atoms with Gasteiger partial charge < -0.3 is 9.64 Å². The monoisotopic (exact) mass is 361 g/mol. The van der Waals surface area contributed by atoms with Crippen molar-refractivity contribution in [1.82, 2.24) is 4.90 Å². The molecule has 1 heterocycles. The van der Waals surface area contributed by atoms with Crippen molar-refractivity contribution in [2.75, 3.05) is 13.7 Å². The van der Waals surface area contributed by atoms with Gasteiger partial charge in [-0.15, -0.1) is 0 Å². The van der Waals surface area contributed by atoms with Crippen LogP contribution in [-0.4, -0.2) is 30.5 Å². The van der Waals surface area contributed by atoms with Crippen LogP contribution >= 0.6 is 0 Å². The number of amides is 1. The summed E-state index contributed by atoms with van der Waals surface area (Å²) in [6, 6.07) is 18.9. The van der Waals surface area contributed by atoms with E-state index in [0.29, 0.717) is 6.04 Å². The fraction of sp³-hybridized carbons (Fsp3) is 0.375. The van der Waals surface area contributed by atoms with Crippen LogP contribution in [0.5, 0.6) is 5.75 Å². The third kappa shape index (κ3) is 3.64. The molecule has 2 aromatic rings. The molecule has 1 aliphatic carbocycles. The van der Waals surface area contributed by atoms with Crippen LogP contribution in [0.1, 0.15) is 43.2 Å². The summed E-state index contributed by atoms with van der Waals surface area (Å²) in [5.41, 5.74) is 2.63. The molecule has 2 aliphatic rings. The van der Waals surface area contributed by atoms with Crippen molar-refractivity contribution in [3.05, 3.63) is 71.8 Å².